The molecule has 0 radical (unpaired) electrons. The monoisotopic (exact) mass is 1020 g/mol. The fraction of sp³-hybridized carbons (Fsp3) is 0.0130. The maximum Gasteiger partial charge on any atom is 0.0755 e. The Bertz CT molecular complexity index is 4620. The molecule has 1 aromatic heterocycles. The first kappa shape index (κ1) is 45.7. The number of anilines is 6. The highest BCUT2D eigenvalue weighted by molar-refractivity contribution is 6.09. The van der Waals surface area contributed by atoms with Crippen LogP contribution in [-0.4, -0.2) is 4.57 Å². The van der Waals surface area contributed by atoms with E-state index in [1.54, 1.807) is 0 Å². The van der Waals surface area contributed by atoms with Crippen LogP contribution in [0.4, 0.5) is 34.1 Å². The molecule has 14 aromatic rings. The molecule has 0 bridgehead atoms. The Labute approximate surface area is 465 Å². The summed E-state index contributed by atoms with van der Waals surface area (Å²) in [6.45, 7) is 0. The van der Waals surface area contributed by atoms with E-state index in [1.165, 1.54) is 94.0 Å². The van der Waals surface area contributed by atoms with Crippen LogP contribution in [0.15, 0.2) is 309 Å². The van der Waals surface area contributed by atoms with Gasteiger partial charge >= 0.3 is 0 Å². The van der Waals surface area contributed by atoms with Crippen LogP contribution in [-0.2, 0) is 5.41 Å². The van der Waals surface area contributed by atoms with Crippen LogP contribution in [0.3, 0.4) is 0 Å². The molecule has 0 unspecified atom stereocenters. The van der Waals surface area contributed by atoms with E-state index in [2.05, 4.69) is 324 Å². The molecule has 2 aliphatic rings. The topological polar surface area (TPSA) is 11.4 Å². The molecule has 0 amide bonds. The highest BCUT2D eigenvalue weighted by atomic mass is 15.2. The Morgan fingerprint density at radius 1 is 0.275 bits per heavy atom. The Kier molecular flexibility index (Phi) is 10.5. The van der Waals surface area contributed by atoms with Gasteiger partial charge in [0.2, 0.25) is 0 Å². The van der Waals surface area contributed by atoms with E-state index in [1.807, 2.05) is 0 Å². The molecule has 0 fully saturated rings. The minimum atomic E-state index is -0.623. The molecule has 374 valence electrons. The van der Waals surface area contributed by atoms with Crippen LogP contribution in [0.25, 0.3) is 82.8 Å². The van der Waals surface area contributed by atoms with E-state index in [0.717, 1.165) is 45.1 Å². The lowest BCUT2D eigenvalue weighted by Gasteiger charge is -2.45. The summed E-state index contributed by atoms with van der Waals surface area (Å²) in [5.41, 5.74) is 24.3. The van der Waals surface area contributed by atoms with Gasteiger partial charge in [0.15, 0.2) is 0 Å². The zero-order valence-electron chi connectivity index (χ0n) is 43.8. The molecule has 13 aromatic carbocycles. The van der Waals surface area contributed by atoms with Crippen LogP contribution in [0, 0.1) is 0 Å². The van der Waals surface area contributed by atoms with E-state index in [0.29, 0.717) is 0 Å². The van der Waals surface area contributed by atoms with Gasteiger partial charge in [0, 0.05) is 39.1 Å². The number of rotatable bonds is 8. The smallest absolute Gasteiger partial charge is 0.0755 e. The van der Waals surface area contributed by atoms with Crippen molar-refractivity contribution in [3.05, 3.63) is 332 Å². The van der Waals surface area contributed by atoms with E-state index in [9.17, 15) is 0 Å². The standard InChI is InChI=1S/C77H51N3/c1-2-23-55(24-3-1)80-75-39-18-13-34-69(75)77(70-35-14-19-40-76(70)80)68-33-12-8-28-63(68)64-50-49-58(51-71(64)77)78(72-36-15-9-29-65(72)62-27-7-6-26-61(62)60-32-20-22-54-21-4-5-25-59(54)60)56-45-41-52(42-46-56)53-43-47-57(48-44-53)79-73-37-16-10-30-66(73)67-31-11-17-38-74(67)79/h1-51H. The van der Waals surface area contributed by atoms with Crippen LogP contribution in [0.5, 0.6) is 0 Å². The molecule has 80 heavy (non-hydrogen) atoms. The van der Waals surface area contributed by atoms with Crippen LogP contribution >= 0.6 is 0 Å². The molecule has 0 saturated carbocycles. The summed E-state index contributed by atoms with van der Waals surface area (Å²) >= 11 is 0. The van der Waals surface area contributed by atoms with Crippen molar-refractivity contribution in [1.82, 2.24) is 4.57 Å². The van der Waals surface area contributed by atoms with Gasteiger partial charge in [-0.3, -0.25) is 0 Å². The van der Waals surface area contributed by atoms with Crippen molar-refractivity contribution < 1.29 is 0 Å². The Hall–Kier alpha value is -10.5. The zero-order chi connectivity index (χ0) is 52.7. The molecule has 1 aliphatic carbocycles. The van der Waals surface area contributed by atoms with Gasteiger partial charge < -0.3 is 14.4 Å². The van der Waals surface area contributed by atoms with Crippen molar-refractivity contribution in [2.75, 3.05) is 9.80 Å². The first-order chi connectivity index (χ1) is 39.7. The molecule has 3 heteroatoms. The molecule has 2 heterocycles. The summed E-state index contributed by atoms with van der Waals surface area (Å²) in [5, 5.41) is 4.98. The molecule has 16 rings (SSSR count). The SMILES string of the molecule is c1ccc(N2c3ccccc3C3(c4ccccc4-c4ccc(N(c5ccc(-c6ccc(-n7c8ccccc8c8ccccc87)cc6)cc5)c5ccccc5-c5ccccc5-c5cccc6ccccc56)cc43)c3ccccc32)cc1. The minimum Gasteiger partial charge on any atom is -0.310 e. The van der Waals surface area contributed by atoms with Crippen molar-refractivity contribution in [3.8, 4) is 50.2 Å². The average molecular weight is 1020 g/mol. The lowest BCUT2D eigenvalue weighted by atomic mass is 9.64. The zero-order valence-corrected chi connectivity index (χ0v) is 43.8. The third-order valence-electron chi connectivity index (χ3n) is 17.0. The molecule has 0 atom stereocenters. The van der Waals surface area contributed by atoms with Crippen molar-refractivity contribution in [2.24, 2.45) is 0 Å². The number of para-hydroxylation sites is 6. The van der Waals surface area contributed by atoms with Gasteiger partial charge in [0.25, 0.3) is 0 Å². The maximum absolute atomic E-state index is 2.51. The van der Waals surface area contributed by atoms with Crippen LogP contribution in [0.1, 0.15) is 22.3 Å². The molecule has 0 N–H and O–H groups in total. The third kappa shape index (κ3) is 6.87. The summed E-state index contributed by atoms with van der Waals surface area (Å²) in [7, 11) is 0. The summed E-state index contributed by atoms with van der Waals surface area (Å²) in [6.07, 6.45) is 0. The lowest BCUT2D eigenvalue weighted by molar-refractivity contribution is 0.752. The number of benzene rings is 13. The predicted molar refractivity (Wildman–Crippen MR) is 335 cm³/mol. The van der Waals surface area contributed by atoms with E-state index < -0.39 is 5.41 Å². The van der Waals surface area contributed by atoms with E-state index >= 15 is 0 Å². The second-order valence-corrected chi connectivity index (χ2v) is 21.1. The highest BCUT2D eigenvalue weighted by Crippen LogP contribution is 2.64. The molecule has 0 saturated heterocycles. The van der Waals surface area contributed by atoms with Gasteiger partial charge in [-0.1, -0.05) is 231 Å². The molecular weight excluding hydrogens is 967 g/mol. The normalized spacial score (nSPS) is 12.8. The van der Waals surface area contributed by atoms with Gasteiger partial charge in [-0.05, 0) is 151 Å². The maximum atomic E-state index is 2.51. The number of aromatic nitrogens is 1. The van der Waals surface area contributed by atoms with E-state index in [4.69, 9.17) is 0 Å². The number of hydrogen-bond acceptors (Lipinski definition) is 2. The fourth-order valence-corrected chi connectivity index (χ4v) is 13.6. The number of nitrogens with zero attached hydrogens (tertiary/aromatic N) is 3. The highest BCUT2D eigenvalue weighted by Gasteiger charge is 2.52. The summed E-state index contributed by atoms with van der Waals surface area (Å²) in [6, 6.07) is 114. The number of fused-ring (bicyclic) bond motifs is 13. The Balaban J connectivity index is 0.891. The fourth-order valence-electron chi connectivity index (χ4n) is 13.6. The molecule has 1 spiro atoms. The van der Waals surface area contributed by atoms with Gasteiger partial charge in [0.05, 0.1) is 33.5 Å². The third-order valence-corrected chi connectivity index (χ3v) is 17.0. The molecule has 3 nitrogen and oxygen atoms in total. The Morgan fingerprint density at radius 2 is 0.750 bits per heavy atom. The average Bonchev–Trinajstić information content (AvgIpc) is 4.20. The van der Waals surface area contributed by atoms with Crippen LogP contribution < -0.4 is 9.80 Å². The van der Waals surface area contributed by atoms with Gasteiger partial charge in [0.1, 0.15) is 0 Å². The van der Waals surface area contributed by atoms with Gasteiger partial charge in [-0.2, -0.15) is 0 Å². The summed E-state index contributed by atoms with van der Waals surface area (Å²) in [4.78, 5) is 4.95. The summed E-state index contributed by atoms with van der Waals surface area (Å²) < 4.78 is 2.38. The minimum absolute atomic E-state index is 0.623. The Morgan fingerprint density at radius 3 is 1.44 bits per heavy atom. The summed E-state index contributed by atoms with van der Waals surface area (Å²) in [5.74, 6) is 0. The van der Waals surface area contributed by atoms with Crippen LogP contribution in [0.2, 0.25) is 0 Å². The quantitative estimate of drug-likeness (QED) is 0.150. The van der Waals surface area contributed by atoms with Crippen molar-refractivity contribution in [1.29, 1.82) is 0 Å². The largest absolute Gasteiger partial charge is 0.310 e. The second-order valence-electron chi connectivity index (χ2n) is 21.1. The van der Waals surface area contributed by atoms with Gasteiger partial charge in [-0.15, -0.1) is 0 Å². The molecule has 1 aliphatic heterocycles. The first-order valence-electron chi connectivity index (χ1n) is 27.7. The second kappa shape index (κ2) is 18.3. The molecular formula is C77H51N3. The van der Waals surface area contributed by atoms with Crippen molar-refractivity contribution >= 4 is 66.7 Å². The predicted octanol–water partition coefficient (Wildman–Crippen LogP) is 20.6. The lowest BCUT2D eigenvalue weighted by Crippen LogP contribution is -2.36. The number of hydrogen-bond donors (Lipinski definition) is 0. The van der Waals surface area contributed by atoms with E-state index in [-0.39, 0.29) is 0 Å². The van der Waals surface area contributed by atoms with Gasteiger partial charge in [-0.25, -0.2) is 0 Å². The van der Waals surface area contributed by atoms with Crippen molar-refractivity contribution in [3.63, 3.8) is 0 Å². The van der Waals surface area contributed by atoms with Crippen molar-refractivity contribution in [2.45, 2.75) is 5.41 Å². The first-order valence-corrected chi connectivity index (χ1v) is 27.7.